The van der Waals surface area contributed by atoms with E-state index >= 15 is 0 Å². The van der Waals surface area contributed by atoms with Crippen molar-refractivity contribution in [2.45, 2.75) is 6.92 Å². The molecule has 0 unspecified atom stereocenters. The average Bonchev–Trinajstić information content (AvgIpc) is 2.94. The second-order valence-corrected chi connectivity index (χ2v) is 7.25. The number of aliphatic carboxylic acids is 1. The van der Waals surface area contributed by atoms with Crippen LogP contribution in [-0.4, -0.2) is 46.9 Å². The molecule has 1 heterocycles. The molecule has 1 saturated heterocycles. The van der Waals surface area contributed by atoms with Gasteiger partial charge in [-0.15, -0.1) is 0 Å². The molecule has 2 aromatic carbocycles. The quantitative estimate of drug-likeness (QED) is 0.661. The Bertz CT molecular complexity index is 971. The van der Waals surface area contributed by atoms with Gasteiger partial charge in [-0.25, -0.2) is 4.79 Å². The lowest BCUT2D eigenvalue weighted by Crippen LogP contribution is -2.32. The fourth-order valence-corrected chi connectivity index (χ4v) is 3.51. The van der Waals surface area contributed by atoms with Gasteiger partial charge in [0.05, 0.1) is 11.4 Å². The largest absolute Gasteiger partial charge is 0.492 e. The van der Waals surface area contributed by atoms with Crippen molar-refractivity contribution >= 4 is 35.0 Å². The maximum Gasteiger partial charge on any atom is 0.341 e. The number of carbonyl (C=O) groups is 3. The number of ether oxygens (including phenoxy) is 2. The number of aryl methyl sites for hydroxylation is 1. The highest BCUT2D eigenvalue weighted by atomic mass is 32.2. The molecule has 3 rings (SSSR count). The molecule has 1 N–H and O–H groups in total. The lowest BCUT2D eigenvalue weighted by Gasteiger charge is -2.13. The van der Waals surface area contributed by atoms with Gasteiger partial charge >= 0.3 is 5.97 Å². The molecular formula is C21H19NO6S. The second kappa shape index (κ2) is 9.29. The first kappa shape index (κ1) is 20.5. The molecule has 0 aromatic heterocycles. The van der Waals surface area contributed by atoms with Crippen LogP contribution >= 0.6 is 11.8 Å². The summed E-state index contributed by atoms with van der Waals surface area (Å²) in [5.41, 5.74) is 1.69. The molecule has 0 bridgehead atoms. The van der Waals surface area contributed by atoms with Gasteiger partial charge in [-0.2, -0.15) is 0 Å². The van der Waals surface area contributed by atoms with Crippen molar-refractivity contribution in [3.63, 3.8) is 0 Å². The fourth-order valence-electron chi connectivity index (χ4n) is 2.64. The van der Waals surface area contributed by atoms with Gasteiger partial charge in [0.15, 0.2) is 6.61 Å². The Morgan fingerprint density at radius 3 is 2.55 bits per heavy atom. The molecule has 2 aromatic rings. The van der Waals surface area contributed by atoms with E-state index in [0.717, 1.165) is 22.2 Å². The molecular weight excluding hydrogens is 394 g/mol. The van der Waals surface area contributed by atoms with Crippen LogP contribution in [0.3, 0.4) is 0 Å². The Balaban J connectivity index is 1.62. The van der Waals surface area contributed by atoms with E-state index in [0.29, 0.717) is 22.0 Å². The molecule has 0 radical (unpaired) electrons. The van der Waals surface area contributed by atoms with Crippen LogP contribution in [0.1, 0.15) is 11.1 Å². The van der Waals surface area contributed by atoms with Gasteiger partial charge in [-0.05, 0) is 60.2 Å². The summed E-state index contributed by atoms with van der Waals surface area (Å²) in [6, 6.07) is 14.2. The van der Waals surface area contributed by atoms with Crippen molar-refractivity contribution in [1.29, 1.82) is 0 Å². The molecule has 0 saturated carbocycles. The maximum absolute atomic E-state index is 12.6. The van der Waals surface area contributed by atoms with Crippen molar-refractivity contribution < 1.29 is 29.0 Å². The van der Waals surface area contributed by atoms with E-state index < -0.39 is 12.6 Å². The van der Waals surface area contributed by atoms with Crippen LogP contribution in [0.25, 0.3) is 6.08 Å². The van der Waals surface area contributed by atoms with Gasteiger partial charge in [0.25, 0.3) is 11.1 Å². The van der Waals surface area contributed by atoms with Gasteiger partial charge in [0.1, 0.15) is 18.1 Å². The van der Waals surface area contributed by atoms with Crippen LogP contribution in [0.15, 0.2) is 53.4 Å². The standard InChI is InChI=1S/C21H19NO6S/c1-14-4-2-6-16(10-14)27-9-8-22-20(25)18(29-21(22)26)12-15-5-3-7-17(11-15)28-13-19(23)24/h2-7,10-12H,8-9,13H2,1H3,(H,23,24)/b18-12-. The average molecular weight is 413 g/mol. The van der Waals surface area contributed by atoms with Crippen LogP contribution in [0.2, 0.25) is 0 Å². The summed E-state index contributed by atoms with van der Waals surface area (Å²) in [6.45, 7) is 1.85. The van der Waals surface area contributed by atoms with E-state index in [4.69, 9.17) is 14.6 Å². The van der Waals surface area contributed by atoms with Gasteiger partial charge < -0.3 is 14.6 Å². The molecule has 1 aliphatic rings. The number of carbonyl (C=O) groups excluding carboxylic acids is 2. The summed E-state index contributed by atoms with van der Waals surface area (Å²) in [5, 5.41) is 8.33. The minimum absolute atomic E-state index is 0.151. The molecule has 1 fully saturated rings. The zero-order valence-electron chi connectivity index (χ0n) is 15.7. The Hall–Kier alpha value is -3.26. The fraction of sp³-hybridized carbons (Fsp3) is 0.190. The van der Waals surface area contributed by atoms with Crippen LogP contribution in [0, 0.1) is 6.92 Å². The summed E-state index contributed by atoms with van der Waals surface area (Å²) in [7, 11) is 0. The Kier molecular flexibility index (Phi) is 6.56. The van der Waals surface area contributed by atoms with Crippen molar-refractivity contribution in [2.24, 2.45) is 0 Å². The highest BCUT2D eigenvalue weighted by Crippen LogP contribution is 2.32. The van der Waals surface area contributed by atoms with Crippen LogP contribution in [0.4, 0.5) is 4.79 Å². The lowest BCUT2D eigenvalue weighted by atomic mass is 10.2. The van der Waals surface area contributed by atoms with E-state index in [1.54, 1.807) is 30.3 Å². The molecule has 29 heavy (non-hydrogen) atoms. The van der Waals surface area contributed by atoms with Gasteiger partial charge in [-0.1, -0.05) is 24.3 Å². The van der Waals surface area contributed by atoms with Crippen LogP contribution < -0.4 is 9.47 Å². The number of carboxylic acids is 1. The highest BCUT2D eigenvalue weighted by molar-refractivity contribution is 8.18. The van der Waals surface area contributed by atoms with Crippen molar-refractivity contribution in [1.82, 2.24) is 4.90 Å². The molecule has 1 aliphatic heterocycles. The predicted octanol–water partition coefficient (Wildman–Crippen LogP) is 3.57. The number of amides is 2. The second-order valence-electron chi connectivity index (χ2n) is 6.25. The summed E-state index contributed by atoms with van der Waals surface area (Å²) in [4.78, 5) is 36.8. The normalized spacial score (nSPS) is 15.1. The molecule has 8 heteroatoms. The third-order valence-corrected chi connectivity index (χ3v) is 4.87. The number of benzene rings is 2. The molecule has 7 nitrogen and oxygen atoms in total. The third kappa shape index (κ3) is 5.61. The minimum Gasteiger partial charge on any atom is -0.492 e. The summed E-state index contributed by atoms with van der Waals surface area (Å²) in [6.07, 6.45) is 1.58. The van der Waals surface area contributed by atoms with E-state index in [2.05, 4.69) is 0 Å². The zero-order chi connectivity index (χ0) is 20.8. The SMILES string of the molecule is Cc1cccc(OCCN2C(=O)S/C(=C\c3cccc(OCC(=O)O)c3)C2=O)c1. The smallest absolute Gasteiger partial charge is 0.341 e. The van der Waals surface area contributed by atoms with E-state index in [9.17, 15) is 14.4 Å². The summed E-state index contributed by atoms with van der Waals surface area (Å²) < 4.78 is 10.8. The van der Waals surface area contributed by atoms with Crippen molar-refractivity contribution in [2.75, 3.05) is 19.8 Å². The molecule has 0 aliphatic carbocycles. The Morgan fingerprint density at radius 1 is 1.10 bits per heavy atom. The predicted molar refractivity (Wildman–Crippen MR) is 109 cm³/mol. The number of rotatable bonds is 8. The minimum atomic E-state index is -1.08. The summed E-state index contributed by atoms with van der Waals surface area (Å²) in [5.74, 6) is -0.410. The van der Waals surface area contributed by atoms with E-state index in [1.807, 2.05) is 31.2 Å². The van der Waals surface area contributed by atoms with Crippen molar-refractivity contribution in [3.8, 4) is 11.5 Å². The Morgan fingerprint density at radius 2 is 1.83 bits per heavy atom. The number of imide groups is 1. The third-order valence-electron chi connectivity index (χ3n) is 3.96. The maximum atomic E-state index is 12.6. The highest BCUT2D eigenvalue weighted by Gasteiger charge is 2.34. The lowest BCUT2D eigenvalue weighted by molar-refractivity contribution is -0.139. The first-order chi connectivity index (χ1) is 13.9. The Labute approximate surface area is 171 Å². The van der Waals surface area contributed by atoms with Gasteiger partial charge in [0, 0.05) is 0 Å². The monoisotopic (exact) mass is 413 g/mol. The van der Waals surface area contributed by atoms with Gasteiger partial charge in [-0.3, -0.25) is 14.5 Å². The van der Waals surface area contributed by atoms with Gasteiger partial charge in [0.2, 0.25) is 0 Å². The molecule has 2 amide bonds. The van der Waals surface area contributed by atoms with Crippen LogP contribution in [-0.2, 0) is 9.59 Å². The number of nitrogens with zero attached hydrogens (tertiary/aromatic N) is 1. The number of hydrogen-bond donors (Lipinski definition) is 1. The molecule has 0 atom stereocenters. The summed E-state index contributed by atoms with van der Waals surface area (Å²) >= 11 is 0.857. The van der Waals surface area contributed by atoms with E-state index in [-0.39, 0.29) is 24.3 Å². The number of carboxylic acid groups (broad SMARTS) is 1. The first-order valence-electron chi connectivity index (χ1n) is 8.82. The molecule has 0 spiro atoms. The first-order valence-corrected chi connectivity index (χ1v) is 9.63. The van der Waals surface area contributed by atoms with E-state index in [1.165, 1.54) is 0 Å². The zero-order valence-corrected chi connectivity index (χ0v) is 16.5. The number of thioether (sulfide) groups is 1. The number of hydrogen-bond acceptors (Lipinski definition) is 6. The van der Waals surface area contributed by atoms with Crippen LogP contribution in [0.5, 0.6) is 11.5 Å². The van der Waals surface area contributed by atoms with Crippen molar-refractivity contribution in [3.05, 3.63) is 64.6 Å². The molecule has 150 valence electrons. The topological polar surface area (TPSA) is 93.1 Å².